The first-order valence-corrected chi connectivity index (χ1v) is 13.3. The van der Waals surface area contributed by atoms with E-state index in [-0.39, 0.29) is 37.5 Å². The van der Waals surface area contributed by atoms with Gasteiger partial charge in [-0.1, -0.05) is 36.3 Å². The summed E-state index contributed by atoms with van der Waals surface area (Å²) >= 11 is 0. The van der Waals surface area contributed by atoms with Crippen LogP contribution in [0.3, 0.4) is 0 Å². The summed E-state index contributed by atoms with van der Waals surface area (Å²) in [5.74, 6) is 0.970. The molecule has 1 heterocycles. The summed E-state index contributed by atoms with van der Waals surface area (Å²) in [5, 5.41) is 6.68. The van der Waals surface area contributed by atoms with Crippen LogP contribution in [0.4, 0.5) is 4.39 Å². The van der Waals surface area contributed by atoms with Crippen molar-refractivity contribution in [3.05, 3.63) is 47.8 Å². The summed E-state index contributed by atoms with van der Waals surface area (Å²) in [6.07, 6.45) is 7.14. The molecule has 0 radical (unpaired) electrons. The van der Waals surface area contributed by atoms with Crippen molar-refractivity contribution in [3.8, 4) is 12.3 Å². The van der Waals surface area contributed by atoms with Gasteiger partial charge in [0.05, 0.1) is 25.9 Å². The average Bonchev–Trinajstić information content (AvgIpc) is 2.83. The Morgan fingerprint density at radius 1 is 1.17 bits per heavy atom. The Morgan fingerprint density at radius 2 is 1.86 bits per heavy atom. The Hall–Kier alpha value is -3.00. The number of nitrogens with one attached hydrogen (secondary N) is 2. The van der Waals surface area contributed by atoms with E-state index >= 15 is 0 Å². The quantitative estimate of drug-likeness (QED) is 0.508. The summed E-state index contributed by atoms with van der Waals surface area (Å²) < 4.78 is 40.9. The maximum absolute atomic E-state index is 14.8. The normalized spacial score (nSPS) is 16.1. The number of carbonyl (C=O) groups is 2. The number of amides is 2. The van der Waals surface area contributed by atoms with E-state index in [0.29, 0.717) is 31.5 Å². The van der Waals surface area contributed by atoms with Crippen molar-refractivity contribution in [2.24, 2.45) is 0 Å². The molecule has 2 aromatic carbocycles. The lowest BCUT2D eigenvalue weighted by atomic mass is 9.95. The lowest BCUT2D eigenvalue weighted by Gasteiger charge is -2.40. The molecule has 35 heavy (non-hydrogen) atoms. The molecule has 0 spiro atoms. The van der Waals surface area contributed by atoms with Crippen molar-refractivity contribution in [1.82, 2.24) is 19.8 Å². The fourth-order valence-electron chi connectivity index (χ4n) is 4.54. The molecule has 1 unspecified atom stereocenters. The van der Waals surface area contributed by atoms with Gasteiger partial charge in [0.2, 0.25) is 21.8 Å². The fourth-order valence-corrected chi connectivity index (χ4v) is 5.65. The van der Waals surface area contributed by atoms with Gasteiger partial charge in [-0.3, -0.25) is 14.5 Å². The van der Waals surface area contributed by atoms with E-state index in [1.54, 1.807) is 6.07 Å². The molecular weight excluding hydrogens is 471 g/mol. The maximum Gasteiger partial charge on any atom is 0.240 e. The molecule has 8 nitrogen and oxygen atoms in total. The monoisotopic (exact) mass is 502 g/mol. The predicted octanol–water partition coefficient (Wildman–Crippen LogP) is 1.63. The van der Waals surface area contributed by atoms with Gasteiger partial charge < -0.3 is 10.6 Å². The molecule has 1 saturated heterocycles. The number of fused-ring (bicyclic) bond motifs is 1. The zero-order valence-corrected chi connectivity index (χ0v) is 20.8. The minimum atomic E-state index is -3.67. The van der Waals surface area contributed by atoms with E-state index in [9.17, 15) is 22.4 Å². The molecular formula is C25H31FN4O4S. The number of carbonyl (C=O) groups excluding carboxylic acids is 2. The highest BCUT2D eigenvalue weighted by Gasteiger charge is 2.33. The highest BCUT2D eigenvalue weighted by atomic mass is 32.2. The van der Waals surface area contributed by atoms with E-state index in [0.717, 1.165) is 17.0 Å². The molecule has 2 amide bonds. The van der Waals surface area contributed by atoms with Crippen LogP contribution in [0.1, 0.15) is 31.4 Å². The molecule has 2 aromatic rings. The maximum atomic E-state index is 14.8. The van der Waals surface area contributed by atoms with Gasteiger partial charge in [0.1, 0.15) is 5.82 Å². The first-order valence-electron chi connectivity index (χ1n) is 11.5. The zero-order valence-electron chi connectivity index (χ0n) is 20.0. The standard InChI is InChI=1S/C25H31FN4O4S/c1-4-13-27-23(31)16-28-24(32)17-30(35(3,33)34)20-11-14-29(15-12-20)18(2)25-21-8-6-5-7-19(21)9-10-22(25)26/h1,5-10,18,20H,11-17H2,2-3H3,(H,27,31)(H,28,32). The Balaban J connectivity index is 1.64. The van der Waals surface area contributed by atoms with Crippen LogP contribution in [0, 0.1) is 18.2 Å². The molecule has 1 aliphatic heterocycles. The summed E-state index contributed by atoms with van der Waals surface area (Å²) in [6.45, 7) is 2.44. The molecule has 188 valence electrons. The molecule has 0 saturated carbocycles. The van der Waals surface area contributed by atoms with Gasteiger partial charge in [-0.15, -0.1) is 6.42 Å². The van der Waals surface area contributed by atoms with Gasteiger partial charge in [-0.25, -0.2) is 12.8 Å². The van der Waals surface area contributed by atoms with E-state index in [1.165, 1.54) is 10.4 Å². The third kappa shape index (κ3) is 6.78. The van der Waals surface area contributed by atoms with Crippen molar-refractivity contribution in [1.29, 1.82) is 0 Å². The van der Waals surface area contributed by atoms with Gasteiger partial charge >= 0.3 is 0 Å². The van der Waals surface area contributed by atoms with Crippen molar-refractivity contribution < 1.29 is 22.4 Å². The molecule has 0 aromatic heterocycles. The molecule has 0 aliphatic carbocycles. The van der Waals surface area contributed by atoms with E-state index in [1.807, 2.05) is 31.2 Å². The lowest BCUT2D eigenvalue weighted by molar-refractivity contribution is -0.126. The number of hydrogen-bond acceptors (Lipinski definition) is 5. The second-order valence-corrected chi connectivity index (χ2v) is 10.6. The second-order valence-electron chi connectivity index (χ2n) is 8.69. The second kappa shape index (κ2) is 11.6. The zero-order chi connectivity index (χ0) is 25.6. The molecule has 2 N–H and O–H groups in total. The molecule has 0 bridgehead atoms. The van der Waals surface area contributed by atoms with Crippen LogP contribution >= 0.6 is 0 Å². The summed E-state index contributed by atoms with van der Waals surface area (Å²) in [7, 11) is -3.67. The van der Waals surface area contributed by atoms with Gasteiger partial charge in [0, 0.05) is 30.7 Å². The third-order valence-electron chi connectivity index (χ3n) is 6.35. The minimum absolute atomic E-state index is 0.0455. The van der Waals surface area contributed by atoms with E-state index < -0.39 is 21.8 Å². The van der Waals surface area contributed by atoms with Crippen LogP contribution in [0.25, 0.3) is 10.8 Å². The largest absolute Gasteiger partial charge is 0.346 e. The van der Waals surface area contributed by atoms with Gasteiger partial charge in [0.15, 0.2) is 0 Å². The first kappa shape index (κ1) is 26.6. The van der Waals surface area contributed by atoms with Crippen molar-refractivity contribution >= 4 is 32.6 Å². The van der Waals surface area contributed by atoms with Crippen molar-refractivity contribution in [3.63, 3.8) is 0 Å². The number of hydrogen-bond donors (Lipinski definition) is 2. The SMILES string of the molecule is C#CCNC(=O)CNC(=O)CN(C1CCN(C(C)c2c(F)ccc3ccccc23)CC1)S(C)(=O)=O. The Bertz CT molecular complexity index is 1220. The van der Waals surface area contributed by atoms with Crippen LogP contribution in [0.5, 0.6) is 0 Å². The fraction of sp³-hybridized carbons (Fsp3) is 0.440. The molecule has 1 fully saturated rings. The number of terminal acetylenes is 1. The van der Waals surface area contributed by atoms with Crippen LogP contribution in [-0.2, 0) is 19.6 Å². The van der Waals surface area contributed by atoms with Gasteiger partial charge in [-0.2, -0.15) is 4.31 Å². The topological polar surface area (TPSA) is 98.8 Å². The summed E-state index contributed by atoms with van der Waals surface area (Å²) in [4.78, 5) is 26.1. The van der Waals surface area contributed by atoms with E-state index in [4.69, 9.17) is 6.42 Å². The van der Waals surface area contributed by atoms with Crippen LogP contribution in [0.15, 0.2) is 36.4 Å². The first-order chi connectivity index (χ1) is 16.6. The highest BCUT2D eigenvalue weighted by molar-refractivity contribution is 7.88. The van der Waals surface area contributed by atoms with Gasteiger partial charge in [0.25, 0.3) is 0 Å². The molecule has 3 rings (SSSR count). The van der Waals surface area contributed by atoms with E-state index in [2.05, 4.69) is 21.5 Å². The van der Waals surface area contributed by atoms with Crippen molar-refractivity contribution in [2.75, 3.05) is 39.0 Å². The number of sulfonamides is 1. The van der Waals surface area contributed by atoms with Gasteiger partial charge in [-0.05, 0) is 36.6 Å². The smallest absolute Gasteiger partial charge is 0.240 e. The Kier molecular flexibility index (Phi) is 8.83. The molecule has 10 heteroatoms. The average molecular weight is 503 g/mol. The van der Waals surface area contributed by atoms with Crippen LogP contribution in [0.2, 0.25) is 0 Å². The number of piperidine rings is 1. The number of nitrogens with zero attached hydrogens (tertiary/aromatic N) is 2. The number of benzene rings is 2. The third-order valence-corrected chi connectivity index (χ3v) is 7.63. The summed E-state index contributed by atoms with van der Waals surface area (Å²) in [5.41, 5.74) is 0.629. The molecule has 1 aliphatic rings. The number of likely N-dealkylation sites (tertiary alicyclic amines) is 1. The highest BCUT2D eigenvalue weighted by Crippen LogP contribution is 2.33. The van der Waals surface area contributed by atoms with Crippen LogP contribution < -0.4 is 10.6 Å². The molecule has 1 atom stereocenters. The lowest BCUT2D eigenvalue weighted by Crippen LogP contribution is -2.51. The Labute approximate surface area is 205 Å². The number of halogens is 1. The Morgan fingerprint density at radius 3 is 2.51 bits per heavy atom. The van der Waals surface area contributed by atoms with Crippen LogP contribution in [-0.4, -0.2) is 74.5 Å². The predicted molar refractivity (Wildman–Crippen MR) is 133 cm³/mol. The minimum Gasteiger partial charge on any atom is -0.346 e. The number of rotatable bonds is 9. The summed E-state index contributed by atoms with van der Waals surface area (Å²) in [6, 6.07) is 10.3. The van der Waals surface area contributed by atoms with Crippen molar-refractivity contribution in [2.45, 2.75) is 31.8 Å².